The summed E-state index contributed by atoms with van der Waals surface area (Å²) in [6.45, 7) is 3.41. The van der Waals surface area contributed by atoms with Gasteiger partial charge in [-0.1, -0.05) is 13.8 Å². The normalized spacial score (nSPS) is 12.3. The molecule has 112 valence electrons. The van der Waals surface area contributed by atoms with E-state index in [0.717, 1.165) is 12.1 Å². The number of phenols is 1. The van der Waals surface area contributed by atoms with Gasteiger partial charge in [-0.05, 0) is 31.0 Å². The number of benzene rings is 1. The molecule has 0 saturated carbocycles. The molecule has 0 spiro atoms. The molecule has 1 rings (SSSR count). The molecule has 0 bridgehead atoms. The summed E-state index contributed by atoms with van der Waals surface area (Å²) in [6.07, 6.45) is -3.90. The standard InChI is InChI=1S/C13H17F3N2O2/c1-3-12(17,4-2)11(20)18-9-7-8(13(14,15)16)5-6-10(9)19/h5-7,19H,3-4,17H2,1-2H3,(H,18,20). The van der Waals surface area contributed by atoms with Crippen LogP contribution in [0.15, 0.2) is 18.2 Å². The van der Waals surface area contributed by atoms with Crippen molar-refractivity contribution in [2.45, 2.75) is 38.4 Å². The number of carbonyl (C=O) groups excluding carboxylic acids is 1. The number of nitrogens with two attached hydrogens (primary N) is 1. The fraction of sp³-hybridized carbons (Fsp3) is 0.462. The molecule has 0 aliphatic rings. The second-order valence-corrected chi connectivity index (χ2v) is 4.55. The number of hydrogen-bond acceptors (Lipinski definition) is 3. The van der Waals surface area contributed by atoms with Crippen molar-refractivity contribution < 1.29 is 23.1 Å². The summed E-state index contributed by atoms with van der Waals surface area (Å²) in [7, 11) is 0. The van der Waals surface area contributed by atoms with Gasteiger partial charge in [-0.15, -0.1) is 0 Å². The van der Waals surface area contributed by atoms with Gasteiger partial charge in [0.1, 0.15) is 5.75 Å². The Morgan fingerprint density at radius 1 is 1.30 bits per heavy atom. The van der Waals surface area contributed by atoms with E-state index in [-0.39, 0.29) is 5.69 Å². The van der Waals surface area contributed by atoms with Crippen LogP contribution >= 0.6 is 0 Å². The summed E-state index contributed by atoms with van der Waals surface area (Å²) >= 11 is 0. The number of carbonyl (C=O) groups is 1. The Hall–Kier alpha value is -1.76. The maximum absolute atomic E-state index is 12.6. The molecule has 0 heterocycles. The first-order valence-electron chi connectivity index (χ1n) is 6.14. The van der Waals surface area contributed by atoms with Gasteiger partial charge in [0.05, 0.1) is 16.8 Å². The molecular formula is C13H17F3N2O2. The van der Waals surface area contributed by atoms with Gasteiger partial charge in [0.15, 0.2) is 0 Å². The fourth-order valence-corrected chi connectivity index (χ4v) is 1.63. The number of anilines is 1. The molecule has 0 radical (unpaired) electrons. The average Bonchev–Trinajstić information content (AvgIpc) is 2.38. The summed E-state index contributed by atoms with van der Waals surface area (Å²) in [5.74, 6) is -1.07. The SMILES string of the molecule is CCC(N)(CC)C(=O)Nc1cc(C(F)(F)F)ccc1O. The number of phenolic OH excluding ortho intramolecular Hbond substituents is 1. The summed E-state index contributed by atoms with van der Waals surface area (Å²) in [6, 6.07) is 2.30. The monoisotopic (exact) mass is 290 g/mol. The van der Waals surface area contributed by atoms with Gasteiger partial charge in [-0.2, -0.15) is 13.2 Å². The smallest absolute Gasteiger partial charge is 0.416 e. The molecule has 0 aliphatic carbocycles. The number of rotatable bonds is 4. The quantitative estimate of drug-likeness (QED) is 0.746. The van der Waals surface area contributed by atoms with Gasteiger partial charge in [-0.3, -0.25) is 4.79 Å². The van der Waals surface area contributed by atoms with Crippen LogP contribution in [0.25, 0.3) is 0 Å². The molecule has 0 saturated heterocycles. The summed E-state index contributed by atoms with van der Waals surface area (Å²) < 4.78 is 37.8. The van der Waals surface area contributed by atoms with E-state index in [2.05, 4.69) is 5.32 Å². The van der Waals surface area contributed by atoms with Crippen molar-refractivity contribution >= 4 is 11.6 Å². The molecule has 0 aliphatic heterocycles. The summed E-state index contributed by atoms with van der Waals surface area (Å²) in [5, 5.41) is 11.8. The van der Waals surface area contributed by atoms with Crippen LogP contribution < -0.4 is 11.1 Å². The Morgan fingerprint density at radius 3 is 2.30 bits per heavy atom. The molecule has 0 unspecified atom stereocenters. The zero-order valence-electron chi connectivity index (χ0n) is 11.2. The van der Waals surface area contributed by atoms with Crippen molar-refractivity contribution in [2.75, 3.05) is 5.32 Å². The Balaban J connectivity index is 3.06. The van der Waals surface area contributed by atoms with E-state index in [1.54, 1.807) is 13.8 Å². The van der Waals surface area contributed by atoms with Crippen LogP contribution in [0, 0.1) is 0 Å². The molecule has 1 aromatic rings. The second kappa shape index (κ2) is 5.70. The third-order valence-corrected chi connectivity index (χ3v) is 3.29. The molecule has 4 nitrogen and oxygen atoms in total. The Labute approximate surface area is 114 Å². The minimum Gasteiger partial charge on any atom is -0.506 e. The highest BCUT2D eigenvalue weighted by Gasteiger charge is 2.33. The lowest BCUT2D eigenvalue weighted by molar-refractivity contribution is -0.137. The van der Waals surface area contributed by atoms with Crippen molar-refractivity contribution in [3.63, 3.8) is 0 Å². The van der Waals surface area contributed by atoms with Crippen molar-refractivity contribution in [3.8, 4) is 5.75 Å². The zero-order chi connectivity index (χ0) is 15.6. The molecule has 1 amide bonds. The molecule has 0 atom stereocenters. The predicted molar refractivity (Wildman–Crippen MR) is 69.2 cm³/mol. The highest BCUT2D eigenvalue weighted by Crippen LogP contribution is 2.34. The van der Waals surface area contributed by atoms with Crippen molar-refractivity contribution in [2.24, 2.45) is 5.73 Å². The topological polar surface area (TPSA) is 75.4 Å². The van der Waals surface area contributed by atoms with Crippen LogP contribution in [-0.4, -0.2) is 16.6 Å². The lowest BCUT2D eigenvalue weighted by Crippen LogP contribution is -2.50. The van der Waals surface area contributed by atoms with Crippen LogP contribution in [0.1, 0.15) is 32.3 Å². The van der Waals surface area contributed by atoms with Crippen LogP contribution in [0.5, 0.6) is 5.75 Å². The minimum absolute atomic E-state index is 0.304. The summed E-state index contributed by atoms with van der Waals surface area (Å²) in [4.78, 5) is 12.0. The molecular weight excluding hydrogens is 273 g/mol. The van der Waals surface area contributed by atoms with Gasteiger partial charge >= 0.3 is 6.18 Å². The third kappa shape index (κ3) is 3.41. The highest BCUT2D eigenvalue weighted by atomic mass is 19.4. The van der Waals surface area contributed by atoms with E-state index in [4.69, 9.17) is 5.73 Å². The van der Waals surface area contributed by atoms with Gasteiger partial charge in [0.2, 0.25) is 5.91 Å². The van der Waals surface area contributed by atoms with Gasteiger partial charge in [0, 0.05) is 0 Å². The van der Waals surface area contributed by atoms with Crippen LogP contribution in [0.3, 0.4) is 0 Å². The van der Waals surface area contributed by atoms with E-state index in [9.17, 15) is 23.1 Å². The van der Waals surface area contributed by atoms with E-state index < -0.39 is 28.9 Å². The fourth-order valence-electron chi connectivity index (χ4n) is 1.63. The first kappa shape index (κ1) is 16.3. The number of amides is 1. The molecule has 4 N–H and O–H groups in total. The average molecular weight is 290 g/mol. The maximum Gasteiger partial charge on any atom is 0.416 e. The number of hydrogen-bond donors (Lipinski definition) is 3. The molecule has 0 aromatic heterocycles. The molecule has 0 fully saturated rings. The number of halogens is 3. The highest BCUT2D eigenvalue weighted by molar-refractivity contribution is 5.99. The van der Waals surface area contributed by atoms with Gasteiger partial charge in [-0.25, -0.2) is 0 Å². The van der Waals surface area contributed by atoms with Gasteiger partial charge in [0.25, 0.3) is 0 Å². The van der Waals surface area contributed by atoms with E-state index in [1.165, 1.54) is 0 Å². The largest absolute Gasteiger partial charge is 0.506 e. The minimum atomic E-state index is -4.55. The maximum atomic E-state index is 12.6. The van der Waals surface area contributed by atoms with E-state index >= 15 is 0 Å². The molecule has 20 heavy (non-hydrogen) atoms. The van der Waals surface area contributed by atoms with Gasteiger partial charge < -0.3 is 16.2 Å². The third-order valence-electron chi connectivity index (χ3n) is 3.29. The zero-order valence-corrected chi connectivity index (χ0v) is 11.2. The predicted octanol–water partition coefficient (Wildman–Crippen LogP) is 2.87. The number of alkyl halides is 3. The van der Waals surface area contributed by atoms with Crippen LogP contribution in [0.4, 0.5) is 18.9 Å². The van der Waals surface area contributed by atoms with Crippen LogP contribution in [0.2, 0.25) is 0 Å². The number of aromatic hydroxyl groups is 1. The second-order valence-electron chi connectivity index (χ2n) is 4.55. The van der Waals surface area contributed by atoms with Crippen LogP contribution in [-0.2, 0) is 11.0 Å². The lowest BCUT2D eigenvalue weighted by atomic mass is 9.93. The Bertz CT molecular complexity index is 497. The first-order valence-corrected chi connectivity index (χ1v) is 6.14. The van der Waals surface area contributed by atoms with E-state index in [0.29, 0.717) is 18.9 Å². The van der Waals surface area contributed by atoms with Crippen molar-refractivity contribution in [1.29, 1.82) is 0 Å². The first-order chi connectivity index (χ1) is 9.14. The Morgan fingerprint density at radius 2 is 1.85 bits per heavy atom. The summed E-state index contributed by atoms with van der Waals surface area (Å²) in [5.41, 5.74) is 3.40. The lowest BCUT2D eigenvalue weighted by Gasteiger charge is -2.25. The molecule has 7 heteroatoms. The van der Waals surface area contributed by atoms with Crippen molar-refractivity contribution in [1.82, 2.24) is 0 Å². The number of nitrogens with one attached hydrogen (secondary N) is 1. The van der Waals surface area contributed by atoms with Crippen molar-refractivity contribution in [3.05, 3.63) is 23.8 Å². The van der Waals surface area contributed by atoms with E-state index in [1.807, 2.05) is 0 Å². The Kier molecular flexibility index (Phi) is 4.65. The molecule has 1 aromatic carbocycles.